The smallest absolute Gasteiger partial charge is 0.124 e. The number of hydrogen-bond acceptors (Lipinski definition) is 4. The average molecular weight is 230 g/mol. The third-order valence-electron chi connectivity index (χ3n) is 1.93. The Morgan fingerprint density at radius 1 is 1.38 bits per heavy atom. The summed E-state index contributed by atoms with van der Waals surface area (Å²) in [5.74, 6) is 5.93. The number of aliphatic hydroxyl groups is 1. The first-order valence-electron chi connectivity index (χ1n) is 4.77. The van der Waals surface area contributed by atoms with Gasteiger partial charge in [-0.3, -0.25) is 4.98 Å². The molecule has 16 heavy (non-hydrogen) atoms. The molecule has 80 valence electrons. The number of aryl methyl sites for hydroxylation is 1. The minimum atomic E-state index is -0.0155. The van der Waals surface area contributed by atoms with Gasteiger partial charge in [0.2, 0.25) is 0 Å². The van der Waals surface area contributed by atoms with Crippen molar-refractivity contribution in [1.29, 1.82) is 0 Å². The molecule has 0 radical (unpaired) electrons. The standard InChI is InChI=1S/C12H10N2OS/c1-9-14-12(8-16-9)3-2-10-4-11(7-15)6-13-5-10/h4-6,8,15H,7H2,1H3. The summed E-state index contributed by atoms with van der Waals surface area (Å²) in [6, 6.07) is 1.82. The van der Waals surface area contributed by atoms with Gasteiger partial charge in [0, 0.05) is 23.3 Å². The van der Waals surface area contributed by atoms with E-state index >= 15 is 0 Å². The van der Waals surface area contributed by atoms with E-state index in [4.69, 9.17) is 5.11 Å². The summed E-state index contributed by atoms with van der Waals surface area (Å²) in [7, 11) is 0. The van der Waals surface area contributed by atoms with Crippen molar-refractivity contribution < 1.29 is 5.11 Å². The third-order valence-corrected chi connectivity index (χ3v) is 2.70. The van der Waals surface area contributed by atoms with Gasteiger partial charge in [-0.2, -0.15) is 0 Å². The van der Waals surface area contributed by atoms with Crippen molar-refractivity contribution in [3.63, 3.8) is 0 Å². The first-order valence-corrected chi connectivity index (χ1v) is 5.65. The summed E-state index contributed by atoms with van der Waals surface area (Å²) in [6.45, 7) is 1.93. The Balaban J connectivity index is 2.23. The van der Waals surface area contributed by atoms with Crippen molar-refractivity contribution in [3.8, 4) is 11.8 Å². The highest BCUT2D eigenvalue weighted by Gasteiger charge is 1.94. The second-order valence-corrected chi connectivity index (χ2v) is 4.30. The quantitative estimate of drug-likeness (QED) is 0.759. The van der Waals surface area contributed by atoms with Crippen LogP contribution in [-0.4, -0.2) is 15.1 Å². The number of aliphatic hydroxyl groups excluding tert-OH is 1. The van der Waals surface area contributed by atoms with Crippen LogP contribution in [0.3, 0.4) is 0 Å². The van der Waals surface area contributed by atoms with Gasteiger partial charge in [0.25, 0.3) is 0 Å². The largest absolute Gasteiger partial charge is 0.392 e. The van der Waals surface area contributed by atoms with E-state index < -0.39 is 0 Å². The van der Waals surface area contributed by atoms with E-state index in [1.54, 1.807) is 23.7 Å². The molecule has 0 aliphatic carbocycles. The van der Waals surface area contributed by atoms with Gasteiger partial charge in [-0.1, -0.05) is 5.92 Å². The monoisotopic (exact) mass is 230 g/mol. The van der Waals surface area contributed by atoms with Crippen LogP contribution in [0.5, 0.6) is 0 Å². The zero-order valence-corrected chi connectivity index (χ0v) is 9.58. The fourth-order valence-corrected chi connectivity index (χ4v) is 1.74. The summed E-state index contributed by atoms with van der Waals surface area (Å²) in [5.41, 5.74) is 2.33. The van der Waals surface area contributed by atoms with Gasteiger partial charge in [0.15, 0.2) is 0 Å². The van der Waals surface area contributed by atoms with Gasteiger partial charge in [-0.05, 0) is 24.5 Å². The molecule has 0 unspecified atom stereocenters. The highest BCUT2D eigenvalue weighted by molar-refractivity contribution is 7.09. The predicted molar refractivity (Wildman–Crippen MR) is 63.0 cm³/mol. The van der Waals surface area contributed by atoms with Crippen LogP contribution in [0.2, 0.25) is 0 Å². The van der Waals surface area contributed by atoms with Crippen molar-refractivity contribution in [2.24, 2.45) is 0 Å². The number of nitrogens with zero attached hydrogens (tertiary/aromatic N) is 2. The van der Waals surface area contributed by atoms with E-state index in [1.807, 2.05) is 18.4 Å². The Labute approximate surface area is 97.8 Å². The summed E-state index contributed by atoms with van der Waals surface area (Å²) in [5, 5.41) is 11.9. The van der Waals surface area contributed by atoms with Crippen molar-refractivity contribution in [1.82, 2.24) is 9.97 Å². The summed E-state index contributed by atoms with van der Waals surface area (Å²) < 4.78 is 0. The Hall–Kier alpha value is -1.70. The first kappa shape index (κ1) is 10.8. The third kappa shape index (κ3) is 2.66. The van der Waals surface area contributed by atoms with E-state index in [-0.39, 0.29) is 6.61 Å². The second kappa shape index (κ2) is 4.88. The molecule has 0 saturated heterocycles. The highest BCUT2D eigenvalue weighted by atomic mass is 32.1. The lowest BCUT2D eigenvalue weighted by Crippen LogP contribution is -1.86. The van der Waals surface area contributed by atoms with E-state index in [9.17, 15) is 0 Å². The van der Waals surface area contributed by atoms with Crippen LogP contribution in [0.25, 0.3) is 0 Å². The Bertz CT molecular complexity index is 551. The zero-order chi connectivity index (χ0) is 11.4. The molecule has 0 aromatic carbocycles. The first-order chi connectivity index (χ1) is 7.78. The zero-order valence-electron chi connectivity index (χ0n) is 8.77. The molecule has 0 fully saturated rings. The van der Waals surface area contributed by atoms with Gasteiger partial charge < -0.3 is 5.11 Å². The van der Waals surface area contributed by atoms with Crippen LogP contribution >= 0.6 is 11.3 Å². The molecule has 1 N–H and O–H groups in total. The average Bonchev–Trinajstić information content (AvgIpc) is 2.73. The number of aromatic nitrogens is 2. The molecule has 0 aliphatic rings. The maximum atomic E-state index is 8.95. The lowest BCUT2D eigenvalue weighted by Gasteiger charge is -1.94. The lowest BCUT2D eigenvalue weighted by molar-refractivity contribution is 0.281. The van der Waals surface area contributed by atoms with Gasteiger partial charge >= 0.3 is 0 Å². The molecule has 0 spiro atoms. The van der Waals surface area contributed by atoms with Crippen LogP contribution < -0.4 is 0 Å². The molecule has 4 heteroatoms. The molecule has 3 nitrogen and oxygen atoms in total. The molecular formula is C12H10N2OS. The van der Waals surface area contributed by atoms with Crippen LogP contribution in [0.1, 0.15) is 21.8 Å². The van der Waals surface area contributed by atoms with E-state index in [2.05, 4.69) is 21.8 Å². The number of hydrogen-bond donors (Lipinski definition) is 1. The summed E-state index contributed by atoms with van der Waals surface area (Å²) in [6.07, 6.45) is 3.30. The molecule has 2 aromatic rings. The molecule has 0 bridgehead atoms. The fourth-order valence-electron chi connectivity index (χ4n) is 1.20. The van der Waals surface area contributed by atoms with Crippen LogP contribution in [0, 0.1) is 18.8 Å². The van der Waals surface area contributed by atoms with Crippen LogP contribution in [-0.2, 0) is 6.61 Å². The molecule has 2 rings (SSSR count). The van der Waals surface area contributed by atoms with Crippen LogP contribution in [0.4, 0.5) is 0 Å². The molecule has 2 heterocycles. The van der Waals surface area contributed by atoms with E-state index in [0.29, 0.717) is 0 Å². The molecule has 0 atom stereocenters. The highest BCUT2D eigenvalue weighted by Crippen LogP contribution is 2.07. The summed E-state index contributed by atoms with van der Waals surface area (Å²) >= 11 is 1.58. The molecule has 2 aromatic heterocycles. The van der Waals surface area contributed by atoms with E-state index in [0.717, 1.165) is 21.8 Å². The SMILES string of the molecule is Cc1nc(C#Cc2cncc(CO)c2)cs1. The lowest BCUT2D eigenvalue weighted by atomic mass is 10.2. The van der Waals surface area contributed by atoms with Crippen LogP contribution in [0.15, 0.2) is 23.8 Å². The van der Waals surface area contributed by atoms with Gasteiger partial charge in [-0.25, -0.2) is 4.98 Å². The molecule has 0 amide bonds. The van der Waals surface area contributed by atoms with Crippen molar-refractivity contribution >= 4 is 11.3 Å². The molecular weight excluding hydrogens is 220 g/mol. The Morgan fingerprint density at radius 3 is 2.94 bits per heavy atom. The summed E-state index contributed by atoms with van der Waals surface area (Å²) in [4.78, 5) is 8.24. The number of thiazole rings is 1. The van der Waals surface area contributed by atoms with Gasteiger partial charge in [0.05, 0.1) is 11.6 Å². The van der Waals surface area contributed by atoms with Gasteiger partial charge in [0.1, 0.15) is 5.69 Å². The van der Waals surface area contributed by atoms with Gasteiger partial charge in [-0.15, -0.1) is 11.3 Å². The number of rotatable bonds is 1. The van der Waals surface area contributed by atoms with Crippen molar-refractivity contribution in [2.45, 2.75) is 13.5 Å². The molecule has 0 saturated carbocycles. The van der Waals surface area contributed by atoms with Crippen molar-refractivity contribution in [3.05, 3.63) is 45.7 Å². The minimum absolute atomic E-state index is 0.0155. The maximum absolute atomic E-state index is 8.95. The Kier molecular flexibility index (Phi) is 3.30. The normalized spacial score (nSPS) is 9.62. The topological polar surface area (TPSA) is 46.0 Å². The van der Waals surface area contributed by atoms with Crippen molar-refractivity contribution in [2.75, 3.05) is 0 Å². The Morgan fingerprint density at radius 2 is 2.25 bits per heavy atom. The predicted octanol–water partition coefficient (Wildman–Crippen LogP) is 1.74. The number of pyridine rings is 1. The van der Waals surface area contributed by atoms with E-state index in [1.165, 1.54) is 0 Å². The fraction of sp³-hybridized carbons (Fsp3) is 0.167. The minimum Gasteiger partial charge on any atom is -0.392 e. The maximum Gasteiger partial charge on any atom is 0.124 e. The second-order valence-electron chi connectivity index (χ2n) is 3.24. The molecule has 0 aliphatic heterocycles.